The predicted molar refractivity (Wildman–Crippen MR) is 104 cm³/mol. The third-order valence-corrected chi connectivity index (χ3v) is 5.51. The second-order valence-electron chi connectivity index (χ2n) is 7.37. The first kappa shape index (κ1) is 17.4. The number of rotatable bonds is 4. The van der Waals surface area contributed by atoms with Crippen LogP contribution in [0.2, 0.25) is 0 Å². The second kappa shape index (κ2) is 7.37. The molecule has 0 atom stereocenters. The number of aromatic nitrogens is 4. The van der Waals surface area contributed by atoms with Crippen LogP contribution in [-0.2, 0) is 11.3 Å². The Bertz CT molecular complexity index is 982. The number of carbonyl (C=O) groups excluding carboxylic acids is 1. The monoisotopic (exact) mass is 380 g/mol. The number of fused-ring (bicyclic) bond motifs is 1. The van der Waals surface area contributed by atoms with E-state index in [2.05, 4.69) is 20.4 Å². The molecule has 0 N–H and O–H groups in total. The lowest BCUT2D eigenvalue weighted by Crippen LogP contribution is -2.40. The standard InChI is InChI=1S/C20H24N6O2/c27-19(24-9-11-28-12-10-24)17-14-25(15-21-17)20-22-16(13-23-6-3-4-7-23)18-5-1-2-8-26(18)20/h1-2,5,8,14-15H,3-4,6-7,9-13H2. The van der Waals surface area contributed by atoms with Crippen molar-refractivity contribution in [3.05, 3.63) is 48.3 Å². The van der Waals surface area contributed by atoms with Crippen molar-refractivity contribution >= 4 is 11.4 Å². The van der Waals surface area contributed by atoms with Crippen molar-refractivity contribution < 1.29 is 9.53 Å². The normalized spacial score (nSPS) is 18.2. The van der Waals surface area contributed by atoms with Crippen LogP contribution in [0.25, 0.3) is 11.5 Å². The number of amides is 1. The first-order valence-electron chi connectivity index (χ1n) is 9.89. The molecule has 0 radical (unpaired) electrons. The van der Waals surface area contributed by atoms with E-state index in [0.717, 1.165) is 36.8 Å². The Kier molecular flexibility index (Phi) is 4.58. The first-order chi connectivity index (χ1) is 13.8. The molecule has 5 rings (SSSR count). The summed E-state index contributed by atoms with van der Waals surface area (Å²) in [6, 6.07) is 6.13. The summed E-state index contributed by atoms with van der Waals surface area (Å²) in [6.45, 7) is 5.49. The van der Waals surface area contributed by atoms with Gasteiger partial charge in [0.05, 0.1) is 24.4 Å². The van der Waals surface area contributed by atoms with Crippen LogP contribution in [0.5, 0.6) is 0 Å². The van der Waals surface area contributed by atoms with E-state index in [4.69, 9.17) is 9.72 Å². The van der Waals surface area contributed by atoms with E-state index in [0.29, 0.717) is 32.0 Å². The molecular formula is C20H24N6O2. The topological polar surface area (TPSA) is 67.9 Å². The van der Waals surface area contributed by atoms with Gasteiger partial charge in [0.2, 0.25) is 5.95 Å². The maximum Gasteiger partial charge on any atom is 0.274 e. The molecule has 3 aromatic rings. The summed E-state index contributed by atoms with van der Waals surface area (Å²) >= 11 is 0. The average molecular weight is 380 g/mol. The molecule has 2 aliphatic rings. The molecule has 0 aliphatic carbocycles. The van der Waals surface area contributed by atoms with Gasteiger partial charge in [0.25, 0.3) is 5.91 Å². The quantitative estimate of drug-likeness (QED) is 0.688. The van der Waals surface area contributed by atoms with Gasteiger partial charge in [-0.25, -0.2) is 9.97 Å². The van der Waals surface area contributed by atoms with Crippen LogP contribution >= 0.6 is 0 Å². The Morgan fingerprint density at radius 1 is 1.11 bits per heavy atom. The zero-order valence-corrected chi connectivity index (χ0v) is 15.8. The third kappa shape index (κ3) is 3.18. The molecule has 2 fully saturated rings. The SMILES string of the molecule is O=C(c1cn(-c2nc(CN3CCCC3)c3ccccn23)cn1)N1CCOCC1. The zero-order chi connectivity index (χ0) is 18.9. The fourth-order valence-corrected chi connectivity index (χ4v) is 4.01. The minimum Gasteiger partial charge on any atom is -0.378 e. The van der Waals surface area contributed by atoms with Crippen LogP contribution in [-0.4, -0.2) is 74.0 Å². The van der Waals surface area contributed by atoms with Crippen molar-refractivity contribution in [1.29, 1.82) is 0 Å². The number of hydrogen-bond acceptors (Lipinski definition) is 5. The van der Waals surface area contributed by atoms with Crippen LogP contribution in [0.15, 0.2) is 36.9 Å². The molecule has 2 aliphatic heterocycles. The van der Waals surface area contributed by atoms with E-state index in [9.17, 15) is 4.79 Å². The Balaban J connectivity index is 1.46. The van der Waals surface area contributed by atoms with Crippen LogP contribution in [0.3, 0.4) is 0 Å². The van der Waals surface area contributed by atoms with Gasteiger partial charge in [-0.2, -0.15) is 0 Å². The minimum atomic E-state index is -0.0554. The van der Waals surface area contributed by atoms with Crippen molar-refractivity contribution in [1.82, 2.24) is 28.7 Å². The van der Waals surface area contributed by atoms with Crippen molar-refractivity contribution in [2.45, 2.75) is 19.4 Å². The summed E-state index contributed by atoms with van der Waals surface area (Å²) in [6.07, 6.45) is 7.98. The van der Waals surface area contributed by atoms with Crippen LogP contribution < -0.4 is 0 Å². The first-order valence-corrected chi connectivity index (χ1v) is 9.89. The lowest BCUT2D eigenvalue weighted by atomic mass is 10.3. The fraction of sp³-hybridized carbons (Fsp3) is 0.450. The smallest absolute Gasteiger partial charge is 0.274 e. The largest absolute Gasteiger partial charge is 0.378 e. The average Bonchev–Trinajstić information content (AvgIpc) is 3.49. The Labute approximate surface area is 163 Å². The Morgan fingerprint density at radius 3 is 2.75 bits per heavy atom. The van der Waals surface area contributed by atoms with Gasteiger partial charge in [0.15, 0.2) is 0 Å². The van der Waals surface area contributed by atoms with Crippen molar-refractivity contribution in [2.75, 3.05) is 39.4 Å². The van der Waals surface area contributed by atoms with Crippen molar-refractivity contribution in [3.8, 4) is 5.95 Å². The van der Waals surface area contributed by atoms with E-state index in [1.165, 1.54) is 12.8 Å². The Morgan fingerprint density at radius 2 is 1.93 bits per heavy atom. The number of nitrogens with zero attached hydrogens (tertiary/aromatic N) is 6. The number of morpholine rings is 1. The molecule has 28 heavy (non-hydrogen) atoms. The number of imidazole rings is 2. The van der Waals surface area contributed by atoms with E-state index in [1.54, 1.807) is 17.4 Å². The fourth-order valence-electron chi connectivity index (χ4n) is 4.01. The lowest BCUT2D eigenvalue weighted by Gasteiger charge is -2.25. The number of carbonyl (C=O) groups is 1. The molecule has 5 heterocycles. The number of likely N-dealkylation sites (tertiary alicyclic amines) is 1. The van der Waals surface area contributed by atoms with Gasteiger partial charge >= 0.3 is 0 Å². The molecule has 3 aromatic heterocycles. The summed E-state index contributed by atoms with van der Waals surface area (Å²) in [7, 11) is 0. The van der Waals surface area contributed by atoms with Crippen LogP contribution in [0, 0.1) is 0 Å². The number of ether oxygens (including phenoxy) is 1. The van der Waals surface area contributed by atoms with Crippen molar-refractivity contribution in [3.63, 3.8) is 0 Å². The van der Waals surface area contributed by atoms with Gasteiger partial charge < -0.3 is 9.64 Å². The van der Waals surface area contributed by atoms with Gasteiger partial charge in [0.1, 0.15) is 12.0 Å². The highest BCUT2D eigenvalue weighted by molar-refractivity contribution is 5.92. The Hall–Kier alpha value is -2.71. The zero-order valence-electron chi connectivity index (χ0n) is 15.8. The van der Waals surface area contributed by atoms with E-state index in [1.807, 2.05) is 22.9 Å². The minimum absolute atomic E-state index is 0.0554. The molecular weight excluding hydrogens is 356 g/mol. The van der Waals surface area contributed by atoms with Gasteiger partial charge in [-0.05, 0) is 38.1 Å². The van der Waals surface area contributed by atoms with Gasteiger partial charge in [-0.1, -0.05) is 6.07 Å². The molecule has 0 aromatic carbocycles. The molecule has 0 unspecified atom stereocenters. The van der Waals surface area contributed by atoms with Crippen LogP contribution in [0.4, 0.5) is 0 Å². The summed E-state index contributed by atoms with van der Waals surface area (Å²) in [5.74, 6) is 0.707. The summed E-state index contributed by atoms with van der Waals surface area (Å²) in [5.41, 5.74) is 2.60. The lowest BCUT2D eigenvalue weighted by molar-refractivity contribution is 0.0299. The molecule has 8 heteroatoms. The molecule has 0 bridgehead atoms. The highest BCUT2D eigenvalue weighted by Crippen LogP contribution is 2.20. The highest BCUT2D eigenvalue weighted by Gasteiger charge is 2.22. The van der Waals surface area contributed by atoms with E-state index >= 15 is 0 Å². The van der Waals surface area contributed by atoms with Crippen LogP contribution in [0.1, 0.15) is 29.0 Å². The van der Waals surface area contributed by atoms with Crippen molar-refractivity contribution in [2.24, 2.45) is 0 Å². The maximum absolute atomic E-state index is 12.7. The summed E-state index contributed by atoms with van der Waals surface area (Å²) in [5, 5.41) is 0. The maximum atomic E-state index is 12.7. The number of pyridine rings is 1. The third-order valence-electron chi connectivity index (χ3n) is 5.51. The van der Waals surface area contributed by atoms with E-state index < -0.39 is 0 Å². The highest BCUT2D eigenvalue weighted by atomic mass is 16.5. The second-order valence-corrected chi connectivity index (χ2v) is 7.37. The molecule has 146 valence electrons. The molecule has 2 saturated heterocycles. The van der Waals surface area contributed by atoms with E-state index in [-0.39, 0.29) is 5.91 Å². The molecule has 8 nitrogen and oxygen atoms in total. The summed E-state index contributed by atoms with van der Waals surface area (Å²) in [4.78, 5) is 26.2. The summed E-state index contributed by atoms with van der Waals surface area (Å²) < 4.78 is 9.24. The van der Waals surface area contributed by atoms with Gasteiger partial charge in [0, 0.05) is 32.0 Å². The van der Waals surface area contributed by atoms with Gasteiger partial charge in [-0.3, -0.25) is 18.7 Å². The molecule has 0 spiro atoms. The van der Waals surface area contributed by atoms with Gasteiger partial charge in [-0.15, -0.1) is 0 Å². The predicted octanol–water partition coefficient (Wildman–Crippen LogP) is 1.59. The molecule has 1 amide bonds. The number of hydrogen-bond donors (Lipinski definition) is 0. The molecule has 0 saturated carbocycles.